The van der Waals surface area contributed by atoms with Crippen LogP contribution in [0.4, 0.5) is 0 Å². The smallest absolute Gasteiger partial charge is 0.124 e. The van der Waals surface area contributed by atoms with E-state index in [1.54, 1.807) is 7.11 Å². The molecule has 2 aromatic carbocycles. The van der Waals surface area contributed by atoms with Gasteiger partial charge in [0.2, 0.25) is 0 Å². The lowest BCUT2D eigenvalue weighted by Crippen LogP contribution is -2.22. The molecule has 1 aromatic heterocycles. The number of methoxy groups -OCH3 is 1. The second-order valence-corrected chi connectivity index (χ2v) is 7.83. The molecule has 0 saturated heterocycles. The van der Waals surface area contributed by atoms with Crippen molar-refractivity contribution in [1.29, 1.82) is 0 Å². The van der Waals surface area contributed by atoms with Crippen LogP contribution in [0.5, 0.6) is 5.75 Å². The molecule has 0 spiro atoms. The van der Waals surface area contributed by atoms with Gasteiger partial charge in [-0.3, -0.25) is 0 Å². The van der Waals surface area contributed by atoms with E-state index in [1.807, 2.05) is 12.1 Å². The van der Waals surface area contributed by atoms with Gasteiger partial charge in [-0.05, 0) is 73.2 Å². The first-order valence-electron chi connectivity index (χ1n) is 9.64. The van der Waals surface area contributed by atoms with Gasteiger partial charge in [-0.15, -0.1) is 17.0 Å². The molecule has 5 heteroatoms. The zero-order chi connectivity index (χ0) is 18.4. The molecule has 1 N–H and O–H groups in total. The molecule has 2 heterocycles. The molecule has 3 nitrogen and oxygen atoms in total. The zero-order valence-corrected chi connectivity index (χ0v) is 18.3. The van der Waals surface area contributed by atoms with E-state index in [2.05, 4.69) is 46.4 Å². The van der Waals surface area contributed by atoms with Crippen molar-refractivity contribution in [2.45, 2.75) is 38.3 Å². The highest BCUT2D eigenvalue weighted by Gasteiger charge is 2.27. The standard InChI is InChI=1S/C23H23ClN2O.BrH/c1-27-22-13-16-7-3-2-6-15(16)12-17(22)23-21-10-5-11-26(21)20-9-4-8-19(24)18(20)14-25-23;/h4-5,8-13,23,25H,2-3,6-7,14H2,1H3;1H. The number of ether oxygens (including phenoxy) is 1. The van der Waals surface area contributed by atoms with Crippen molar-refractivity contribution >= 4 is 28.6 Å². The van der Waals surface area contributed by atoms with Crippen LogP contribution in [0.15, 0.2) is 48.7 Å². The number of halogens is 2. The number of nitrogens with zero attached hydrogens (tertiary/aromatic N) is 1. The van der Waals surface area contributed by atoms with Crippen molar-refractivity contribution in [3.05, 3.63) is 81.6 Å². The largest absolute Gasteiger partial charge is 0.496 e. The molecule has 2 aliphatic rings. The van der Waals surface area contributed by atoms with Crippen LogP contribution in [0.3, 0.4) is 0 Å². The summed E-state index contributed by atoms with van der Waals surface area (Å²) in [6, 6.07) is 15.1. The van der Waals surface area contributed by atoms with Crippen LogP contribution >= 0.6 is 28.6 Å². The van der Waals surface area contributed by atoms with Crippen LogP contribution in [0, 0.1) is 0 Å². The Morgan fingerprint density at radius 3 is 2.64 bits per heavy atom. The van der Waals surface area contributed by atoms with Gasteiger partial charge in [0.15, 0.2) is 0 Å². The minimum absolute atomic E-state index is 0. The normalized spacial score (nSPS) is 17.6. The summed E-state index contributed by atoms with van der Waals surface area (Å²) in [6.45, 7) is 0.724. The third-order valence-corrected chi connectivity index (χ3v) is 6.27. The summed E-state index contributed by atoms with van der Waals surface area (Å²) in [5.41, 5.74) is 7.62. The Balaban J connectivity index is 0.00000192. The molecule has 1 aliphatic carbocycles. The van der Waals surface area contributed by atoms with Gasteiger partial charge in [0, 0.05) is 34.6 Å². The van der Waals surface area contributed by atoms with Gasteiger partial charge in [-0.1, -0.05) is 17.7 Å². The fourth-order valence-corrected chi connectivity index (χ4v) is 4.80. The Morgan fingerprint density at radius 2 is 1.86 bits per heavy atom. The highest BCUT2D eigenvalue weighted by atomic mass is 79.9. The second kappa shape index (κ2) is 7.94. The monoisotopic (exact) mass is 458 g/mol. The van der Waals surface area contributed by atoms with Crippen LogP contribution < -0.4 is 10.1 Å². The number of hydrogen-bond donors (Lipinski definition) is 1. The van der Waals surface area contributed by atoms with Gasteiger partial charge < -0.3 is 14.6 Å². The number of aryl methyl sites for hydroxylation is 2. The molecule has 0 saturated carbocycles. The predicted octanol–water partition coefficient (Wildman–Crippen LogP) is 5.79. The van der Waals surface area contributed by atoms with Crippen LogP contribution in [0.25, 0.3) is 5.69 Å². The lowest BCUT2D eigenvalue weighted by atomic mass is 9.88. The first-order chi connectivity index (χ1) is 13.3. The summed E-state index contributed by atoms with van der Waals surface area (Å²) in [6.07, 6.45) is 6.98. The van der Waals surface area contributed by atoms with E-state index in [0.717, 1.165) is 41.4 Å². The summed E-state index contributed by atoms with van der Waals surface area (Å²) in [5, 5.41) is 4.54. The van der Waals surface area contributed by atoms with Crippen molar-refractivity contribution in [2.75, 3.05) is 7.11 Å². The molecule has 1 atom stereocenters. The maximum atomic E-state index is 6.52. The first-order valence-corrected chi connectivity index (χ1v) is 10.0. The van der Waals surface area contributed by atoms with Crippen molar-refractivity contribution in [2.24, 2.45) is 0 Å². The number of aromatic nitrogens is 1. The average molecular weight is 460 g/mol. The molecule has 3 aromatic rings. The molecule has 146 valence electrons. The van der Waals surface area contributed by atoms with E-state index in [-0.39, 0.29) is 23.0 Å². The van der Waals surface area contributed by atoms with E-state index >= 15 is 0 Å². The summed E-state index contributed by atoms with van der Waals surface area (Å²) < 4.78 is 8.08. The highest BCUT2D eigenvalue weighted by Crippen LogP contribution is 2.38. The molecule has 28 heavy (non-hydrogen) atoms. The first kappa shape index (κ1) is 19.6. The lowest BCUT2D eigenvalue weighted by Gasteiger charge is -2.24. The van der Waals surface area contributed by atoms with Gasteiger partial charge in [0.25, 0.3) is 0 Å². The Bertz CT molecular complexity index is 1010. The maximum Gasteiger partial charge on any atom is 0.124 e. The highest BCUT2D eigenvalue weighted by molar-refractivity contribution is 8.93. The lowest BCUT2D eigenvalue weighted by molar-refractivity contribution is 0.402. The molecule has 0 amide bonds. The molecular weight excluding hydrogens is 436 g/mol. The fourth-order valence-electron chi connectivity index (χ4n) is 4.56. The molecular formula is C23H24BrClN2O. The molecule has 0 bridgehead atoms. The van der Waals surface area contributed by atoms with E-state index in [4.69, 9.17) is 16.3 Å². The summed E-state index contributed by atoms with van der Waals surface area (Å²) in [5.74, 6) is 0.970. The third-order valence-electron chi connectivity index (χ3n) is 5.92. The number of fused-ring (bicyclic) bond motifs is 4. The number of nitrogens with one attached hydrogen (secondary N) is 1. The Labute approximate surface area is 181 Å². The average Bonchev–Trinajstić information content (AvgIpc) is 3.12. The fraction of sp³-hybridized carbons (Fsp3) is 0.304. The van der Waals surface area contributed by atoms with E-state index in [0.29, 0.717) is 0 Å². The van der Waals surface area contributed by atoms with E-state index in [9.17, 15) is 0 Å². The molecule has 1 unspecified atom stereocenters. The molecule has 0 radical (unpaired) electrons. The Hall–Kier alpha value is -1.75. The number of rotatable bonds is 2. The topological polar surface area (TPSA) is 26.2 Å². The van der Waals surface area contributed by atoms with Gasteiger partial charge in [-0.2, -0.15) is 0 Å². The maximum absolute atomic E-state index is 6.52. The zero-order valence-electron chi connectivity index (χ0n) is 15.9. The predicted molar refractivity (Wildman–Crippen MR) is 119 cm³/mol. The van der Waals surface area contributed by atoms with Crippen molar-refractivity contribution < 1.29 is 4.74 Å². The summed E-state index contributed by atoms with van der Waals surface area (Å²) >= 11 is 6.52. The summed E-state index contributed by atoms with van der Waals surface area (Å²) in [4.78, 5) is 0. The number of benzene rings is 2. The minimum atomic E-state index is 0. The summed E-state index contributed by atoms with van der Waals surface area (Å²) in [7, 11) is 1.77. The van der Waals surface area contributed by atoms with E-state index < -0.39 is 0 Å². The van der Waals surface area contributed by atoms with Crippen LogP contribution in [-0.2, 0) is 19.4 Å². The Morgan fingerprint density at radius 1 is 1.07 bits per heavy atom. The van der Waals surface area contributed by atoms with Crippen LogP contribution in [0.1, 0.15) is 46.8 Å². The van der Waals surface area contributed by atoms with Gasteiger partial charge in [0.05, 0.1) is 18.8 Å². The second-order valence-electron chi connectivity index (χ2n) is 7.42. The minimum Gasteiger partial charge on any atom is -0.496 e. The van der Waals surface area contributed by atoms with Gasteiger partial charge >= 0.3 is 0 Å². The van der Waals surface area contributed by atoms with Gasteiger partial charge in [0.1, 0.15) is 5.75 Å². The van der Waals surface area contributed by atoms with Crippen molar-refractivity contribution in [3.8, 4) is 11.4 Å². The van der Waals surface area contributed by atoms with Crippen molar-refractivity contribution in [1.82, 2.24) is 9.88 Å². The number of hydrogen-bond acceptors (Lipinski definition) is 2. The SMILES string of the molecule is Br.COc1cc2c(cc1C1NCc3c(Cl)cccc3-n3cccc31)CCCC2. The van der Waals surface area contributed by atoms with E-state index in [1.165, 1.54) is 35.2 Å². The van der Waals surface area contributed by atoms with Crippen LogP contribution in [-0.4, -0.2) is 11.7 Å². The van der Waals surface area contributed by atoms with Gasteiger partial charge in [-0.25, -0.2) is 0 Å². The third kappa shape index (κ3) is 3.18. The van der Waals surface area contributed by atoms with Crippen LogP contribution in [0.2, 0.25) is 5.02 Å². The molecule has 1 aliphatic heterocycles. The van der Waals surface area contributed by atoms with Crippen molar-refractivity contribution in [3.63, 3.8) is 0 Å². The molecule has 5 rings (SSSR count). The quantitative estimate of drug-likeness (QED) is 0.525. The molecule has 0 fully saturated rings. The Kier molecular flexibility index (Phi) is 5.55.